The highest BCUT2D eigenvalue weighted by molar-refractivity contribution is 6.74. The van der Waals surface area contributed by atoms with Crippen LogP contribution in [0.15, 0.2) is 49.1 Å². The Morgan fingerprint density at radius 3 is 2.28 bits per heavy atom. The summed E-state index contributed by atoms with van der Waals surface area (Å²) in [6.07, 6.45) is 10.3. The molecule has 4 nitrogen and oxygen atoms in total. The third-order valence-corrected chi connectivity index (χ3v) is 9.84. The zero-order valence-corrected chi connectivity index (χ0v) is 20.8. The second-order valence-electron chi connectivity index (χ2n) is 9.03. The molecule has 0 fully saturated rings. The van der Waals surface area contributed by atoms with Gasteiger partial charge in [0.25, 0.3) is 0 Å². The largest absolute Gasteiger partial charge is 0.458 e. The van der Waals surface area contributed by atoms with Crippen molar-refractivity contribution >= 4 is 14.3 Å². The normalized spacial score (nSPS) is 16.3. The highest BCUT2D eigenvalue weighted by atomic mass is 28.4. The van der Waals surface area contributed by atoms with Gasteiger partial charge in [0.1, 0.15) is 12.7 Å². The Morgan fingerprint density at radius 2 is 1.79 bits per heavy atom. The fourth-order valence-electron chi connectivity index (χ4n) is 2.57. The maximum absolute atomic E-state index is 11.8. The summed E-state index contributed by atoms with van der Waals surface area (Å²) < 4.78 is 17.6. The Morgan fingerprint density at radius 1 is 1.17 bits per heavy atom. The quantitative estimate of drug-likeness (QED) is 0.116. The van der Waals surface area contributed by atoms with Crippen LogP contribution >= 0.6 is 0 Å². The molecule has 0 N–H and O–H groups in total. The third-order valence-electron chi connectivity index (χ3n) is 5.36. The van der Waals surface area contributed by atoms with Crippen LogP contribution in [0.3, 0.4) is 0 Å². The van der Waals surface area contributed by atoms with E-state index < -0.39 is 8.32 Å². The van der Waals surface area contributed by atoms with Gasteiger partial charge in [-0.05, 0) is 43.5 Å². The van der Waals surface area contributed by atoms with Crippen LogP contribution in [0.1, 0.15) is 47.5 Å². The highest BCUT2D eigenvalue weighted by Gasteiger charge is 2.41. The first-order chi connectivity index (χ1) is 13.4. The molecule has 0 aromatic heterocycles. The number of hydrogen-bond acceptors (Lipinski definition) is 4. The fourth-order valence-corrected chi connectivity index (χ4v) is 3.96. The van der Waals surface area contributed by atoms with Gasteiger partial charge in [-0.1, -0.05) is 52.0 Å². The predicted octanol–water partition coefficient (Wildman–Crippen LogP) is 6.23. The van der Waals surface area contributed by atoms with Crippen molar-refractivity contribution in [1.82, 2.24) is 0 Å². The van der Waals surface area contributed by atoms with Crippen molar-refractivity contribution in [3.8, 4) is 0 Å². The van der Waals surface area contributed by atoms with Gasteiger partial charge in [0.2, 0.25) is 0 Å². The van der Waals surface area contributed by atoms with Gasteiger partial charge in [-0.3, -0.25) is 0 Å². The second kappa shape index (κ2) is 13.0. The predicted molar refractivity (Wildman–Crippen MR) is 126 cm³/mol. The standard InChI is InChI=1S/C24H42O4Si/c1-11-13-14-15-16-22(25)27-18-19(3)17-20(4)23(21(12-2)26-8)28-29(9,10)24(5,6)7/h11-12,15-17,20-21,23H,1-2,13-14,18H2,3-10H3/b16-15+,19-17+/t20-,21+,23+/m1/s1. The van der Waals surface area contributed by atoms with Crippen LogP contribution in [0.25, 0.3) is 0 Å². The monoisotopic (exact) mass is 422 g/mol. The molecule has 0 saturated carbocycles. The van der Waals surface area contributed by atoms with Gasteiger partial charge in [0.05, 0.1) is 6.10 Å². The van der Waals surface area contributed by atoms with Crippen LogP contribution in [-0.2, 0) is 18.7 Å². The van der Waals surface area contributed by atoms with Crippen LogP contribution in [-0.4, -0.2) is 40.2 Å². The molecule has 3 atom stereocenters. The molecule has 166 valence electrons. The summed E-state index contributed by atoms with van der Waals surface area (Å²) in [6, 6.07) is 0. The lowest BCUT2D eigenvalue weighted by Crippen LogP contribution is -2.49. The molecule has 0 aliphatic rings. The van der Waals surface area contributed by atoms with Crippen LogP contribution < -0.4 is 0 Å². The lowest BCUT2D eigenvalue weighted by atomic mass is 9.97. The first kappa shape index (κ1) is 27.6. The average Bonchev–Trinajstić information content (AvgIpc) is 2.62. The molecule has 0 heterocycles. The Balaban J connectivity index is 5.16. The minimum atomic E-state index is -1.99. The lowest BCUT2D eigenvalue weighted by molar-refractivity contribution is -0.136. The van der Waals surface area contributed by atoms with E-state index in [1.54, 1.807) is 13.2 Å². The summed E-state index contributed by atoms with van der Waals surface area (Å²) in [4.78, 5) is 11.8. The molecule has 5 heteroatoms. The molecule has 0 amide bonds. The van der Waals surface area contributed by atoms with Crippen molar-refractivity contribution in [3.63, 3.8) is 0 Å². The van der Waals surface area contributed by atoms with E-state index in [0.717, 1.165) is 18.4 Å². The molecule has 0 bridgehead atoms. The van der Waals surface area contributed by atoms with Crippen molar-refractivity contribution < 1.29 is 18.7 Å². The molecule has 0 aromatic rings. The van der Waals surface area contributed by atoms with Crippen molar-refractivity contribution in [2.24, 2.45) is 5.92 Å². The number of rotatable bonds is 13. The molecular formula is C24H42O4Si. The molecule has 0 radical (unpaired) electrons. The number of ether oxygens (including phenoxy) is 2. The van der Waals surface area contributed by atoms with Gasteiger partial charge >= 0.3 is 5.97 Å². The number of unbranched alkanes of at least 4 members (excludes halogenated alkanes) is 1. The van der Waals surface area contributed by atoms with Gasteiger partial charge in [-0.15, -0.1) is 13.2 Å². The lowest BCUT2D eigenvalue weighted by Gasteiger charge is -2.42. The summed E-state index contributed by atoms with van der Waals surface area (Å²) >= 11 is 0. The van der Waals surface area contributed by atoms with E-state index in [4.69, 9.17) is 13.9 Å². The summed E-state index contributed by atoms with van der Waals surface area (Å²) in [7, 11) is -0.315. The number of hydrogen-bond donors (Lipinski definition) is 0. The fraction of sp³-hybridized carbons (Fsp3) is 0.625. The Labute approximate surface area is 179 Å². The number of carbonyl (C=O) groups is 1. The minimum absolute atomic E-state index is 0.0777. The van der Waals surface area contributed by atoms with E-state index in [1.807, 2.05) is 19.1 Å². The number of esters is 1. The smallest absolute Gasteiger partial charge is 0.330 e. The summed E-state index contributed by atoms with van der Waals surface area (Å²) in [5.74, 6) is -0.252. The van der Waals surface area contributed by atoms with Gasteiger partial charge in [-0.25, -0.2) is 4.79 Å². The topological polar surface area (TPSA) is 44.8 Å². The number of allylic oxidation sites excluding steroid dienone is 2. The number of methoxy groups -OCH3 is 1. The Bertz CT molecular complexity index is 584. The van der Waals surface area contributed by atoms with Crippen LogP contribution in [0, 0.1) is 5.92 Å². The first-order valence-corrected chi connectivity index (χ1v) is 13.2. The van der Waals surface area contributed by atoms with Gasteiger partial charge in [-0.2, -0.15) is 0 Å². The van der Waals surface area contributed by atoms with Crippen molar-refractivity contribution in [1.29, 1.82) is 0 Å². The van der Waals surface area contributed by atoms with Crippen LogP contribution in [0.5, 0.6) is 0 Å². The third kappa shape index (κ3) is 10.2. The van der Waals surface area contributed by atoms with E-state index in [0.29, 0.717) is 0 Å². The summed E-state index contributed by atoms with van der Waals surface area (Å²) in [5, 5.41) is 0.0939. The molecule has 0 unspecified atom stereocenters. The minimum Gasteiger partial charge on any atom is -0.458 e. The van der Waals surface area contributed by atoms with E-state index >= 15 is 0 Å². The van der Waals surface area contributed by atoms with E-state index in [-0.39, 0.29) is 35.7 Å². The Hall–Kier alpha value is -1.43. The zero-order chi connectivity index (χ0) is 22.7. The van der Waals surface area contributed by atoms with Gasteiger partial charge in [0, 0.05) is 19.1 Å². The molecule has 0 spiro atoms. The van der Waals surface area contributed by atoms with Crippen molar-refractivity contribution in [2.45, 2.75) is 77.8 Å². The molecule has 29 heavy (non-hydrogen) atoms. The molecular weight excluding hydrogens is 380 g/mol. The molecule has 0 rings (SSSR count). The zero-order valence-electron chi connectivity index (χ0n) is 19.8. The Kier molecular flexibility index (Phi) is 12.3. The van der Waals surface area contributed by atoms with Crippen molar-refractivity contribution in [3.05, 3.63) is 49.1 Å². The average molecular weight is 423 g/mol. The molecule has 0 saturated heterocycles. The SMILES string of the molecule is C=CCC/C=C/C(=O)OC/C(C)=C/[C@@H](C)[C@H](O[Si](C)(C)C(C)(C)C)[C@H](C=C)OC. The number of carbonyl (C=O) groups excluding carboxylic acids is 1. The summed E-state index contributed by atoms with van der Waals surface area (Å²) in [6.45, 7) is 23.0. The maximum Gasteiger partial charge on any atom is 0.330 e. The summed E-state index contributed by atoms with van der Waals surface area (Å²) in [5.41, 5.74) is 0.980. The second-order valence-corrected chi connectivity index (χ2v) is 13.8. The van der Waals surface area contributed by atoms with Crippen LogP contribution in [0.2, 0.25) is 18.1 Å². The van der Waals surface area contributed by atoms with E-state index in [1.165, 1.54) is 6.08 Å². The first-order valence-electron chi connectivity index (χ1n) is 10.3. The van der Waals surface area contributed by atoms with E-state index in [2.05, 4.69) is 60.0 Å². The van der Waals surface area contributed by atoms with Gasteiger partial charge < -0.3 is 13.9 Å². The van der Waals surface area contributed by atoms with Gasteiger partial charge in [0.15, 0.2) is 8.32 Å². The van der Waals surface area contributed by atoms with Crippen LogP contribution in [0.4, 0.5) is 0 Å². The van der Waals surface area contributed by atoms with Crippen molar-refractivity contribution in [2.75, 3.05) is 13.7 Å². The van der Waals surface area contributed by atoms with E-state index in [9.17, 15) is 4.79 Å². The molecule has 0 aliphatic carbocycles. The maximum atomic E-state index is 11.8. The molecule has 0 aliphatic heterocycles. The molecule has 0 aromatic carbocycles. The highest BCUT2D eigenvalue weighted by Crippen LogP contribution is 2.39.